The summed E-state index contributed by atoms with van der Waals surface area (Å²) in [5.41, 5.74) is 9.01. The Balaban J connectivity index is 0.00000578. The minimum atomic E-state index is -1.30. The molecule has 0 unspecified atom stereocenters. The highest BCUT2D eigenvalue weighted by Crippen LogP contribution is 2.09. The van der Waals surface area contributed by atoms with Crippen LogP contribution in [0.2, 0.25) is 0 Å². The van der Waals surface area contributed by atoms with Crippen molar-refractivity contribution in [3.8, 4) is 23.7 Å². The van der Waals surface area contributed by atoms with Gasteiger partial charge in [0.15, 0.2) is 0 Å². The summed E-state index contributed by atoms with van der Waals surface area (Å²) in [6.45, 7) is 1.60. The SMILES string of the molecule is C.C[C@@H](O)[C@H](NC(=O)c1ccc(C#CC#Cc2ccc(NC(=O)CCN)cc2)cc1)C(=O)NO. The Labute approximate surface area is 198 Å². The van der Waals surface area contributed by atoms with Crippen molar-refractivity contribution in [1.82, 2.24) is 10.8 Å². The zero-order valence-electron chi connectivity index (χ0n) is 17.9. The van der Waals surface area contributed by atoms with Crippen LogP contribution in [-0.2, 0) is 9.59 Å². The first-order valence-electron chi connectivity index (χ1n) is 9.99. The van der Waals surface area contributed by atoms with Gasteiger partial charge in [0, 0.05) is 35.3 Å². The lowest BCUT2D eigenvalue weighted by Crippen LogP contribution is -2.51. The number of hydrogen-bond donors (Lipinski definition) is 6. The molecule has 0 aliphatic carbocycles. The maximum atomic E-state index is 12.3. The molecule has 0 bridgehead atoms. The molecule has 2 aromatic carbocycles. The number of aliphatic hydroxyl groups excluding tert-OH is 1. The van der Waals surface area contributed by atoms with Gasteiger partial charge in [0.05, 0.1) is 6.10 Å². The Morgan fingerprint density at radius 1 is 0.971 bits per heavy atom. The molecule has 0 radical (unpaired) electrons. The van der Waals surface area contributed by atoms with Crippen molar-refractivity contribution < 1.29 is 24.7 Å². The summed E-state index contributed by atoms with van der Waals surface area (Å²) >= 11 is 0. The number of rotatable bonds is 7. The number of nitrogens with one attached hydrogen (secondary N) is 3. The monoisotopic (exact) mass is 464 g/mol. The number of benzene rings is 2. The van der Waals surface area contributed by atoms with Gasteiger partial charge in [-0.05, 0) is 67.3 Å². The smallest absolute Gasteiger partial charge is 0.268 e. The van der Waals surface area contributed by atoms with Gasteiger partial charge >= 0.3 is 0 Å². The van der Waals surface area contributed by atoms with Crippen molar-refractivity contribution in [2.45, 2.75) is 32.9 Å². The van der Waals surface area contributed by atoms with E-state index in [4.69, 9.17) is 10.9 Å². The Hall–Kier alpha value is -4.15. The fourth-order valence-corrected chi connectivity index (χ4v) is 2.60. The summed E-state index contributed by atoms with van der Waals surface area (Å²) in [7, 11) is 0. The van der Waals surface area contributed by atoms with Crippen LogP contribution in [0.15, 0.2) is 48.5 Å². The maximum absolute atomic E-state index is 12.3. The molecule has 0 aliphatic rings. The number of hydroxylamine groups is 1. The number of carbonyl (C=O) groups is 3. The predicted octanol–water partition coefficient (Wildman–Crippen LogP) is 0.998. The number of carbonyl (C=O) groups excluding carboxylic acids is 3. The highest BCUT2D eigenvalue weighted by Gasteiger charge is 2.25. The second kappa shape index (κ2) is 14.1. The molecular weight excluding hydrogens is 436 g/mol. The van der Waals surface area contributed by atoms with Crippen molar-refractivity contribution in [2.75, 3.05) is 11.9 Å². The molecule has 0 heterocycles. The normalized spacial score (nSPS) is 11.2. The first-order chi connectivity index (χ1) is 15.8. The van der Waals surface area contributed by atoms with E-state index in [9.17, 15) is 19.5 Å². The fourth-order valence-electron chi connectivity index (χ4n) is 2.60. The van der Waals surface area contributed by atoms with Crippen molar-refractivity contribution in [3.63, 3.8) is 0 Å². The highest BCUT2D eigenvalue weighted by atomic mass is 16.5. The van der Waals surface area contributed by atoms with Gasteiger partial charge < -0.3 is 21.5 Å². The van der Waals surface area contributed by atoms with Crippen LogP contribution in [0.3, 0.4) is 0 Å². The lowest BCUT2D eigenvalue weighted by atomic mass is 10.1. The van der Waals surface area contributed by atoms with Crippen LogP contribution in [-0.4, -0.2) is 46.7 Å². The number of anilines is 1. The van der Waals surface area contributed by atoms with Gasteiger partial charge in [-0.3, -0.25) is 19.6 Å². The van der Waals surface area contributed by atoms with Gasteiger partial charge in [-0.1, -0.05) is 19.3 Å². The molecule has 0 saturated carbocycles. The molecule has 9 heteroatoms. The summed E-state index contributed by atoms with van der Waals surface area (Å²) in [6, 6.07) is 12.0. The zero-order chi connectivity index (χ0) is 24.2. The van der Waals surface area contributed by atoms with Gasteiger partial charge in [-0.25, -0.2) is 5.48 Å². The second-order valence-corrected chi connectivity index (χ2v) is 6.91. The molecule has 2 rings (SSSR count). The maximum Gasteiger partial charge on any atom is 0.268 e. The summed E-state index contributed by atoms with van der Waals surface area (Å²) in [5.74, 6) is 9.55. The summed E-state index contributed by atoms with van der Waals surface area (Å²) in [4.78, 5) is 35.3. The third kappa shape index (κ3) is 8.77. The van der Waals surface area contributed by atoms with E-state index in [0.29, 0.717) is 11.3 Å². The Bertz CT molecular complexity index is 1100. The van der Waals surface area contributed by atoms with E-state index in [1.807, 2.05) is 0 Å². The third-order valence-electron chi connectivity index (χ3n) is 4.32. The zero-order valence-corrected chi connectivity index (χ0v) is 17.9. The van der Waals surface area contributed by atoms with E-state index in [1.54, 1.807) is 36.4 Å². The molecule has 0 fully saturated rings. The highest BCUT2D eigenvalue weighted by molar-refractivity contribution is 5.97. The number of nitrogens with two attached hydrogens (primary N) is 1. The first kappa shape index (κ1) is 27.9. The van der Waals surface area contributed by atoms with Crippen molar-refractivity contribution in [2.24, 2.45) is 5.73 Å². The summed E-state index contributed by atoms with van der Waals surface area (Å²) in [5, 5.41) is 23.4. The minimum Gasteiger partial charge on any atom is -0.391 e. The molecule has 0 aromatic heterocycles. The average Bonchev–Trinajstić information content (AvgIpc) is 2.81. The third-order valence-corrected chi connectivity index (χ3v) is 4.32. The van der Waals surface area contributed by atoms with Gasteiger partial charge in [-0.2, -0.15) is 0 Å². The lowest BCUT2D eigenvalue weighted by molar-refractivity contribution is -0.133. The quantitative estimate of drug-likeness (QED) is 0.204. The van der Waals surface area contributed by atoms with Gasteiger partial charge in [0.1, 0.15) is 6.04 Å². The van der Waals surface area contributed by atoms with Gasteiger partial charge in [0.25, 0.3) is 11.8 Å². The molecule has 7 N–H and O–H groups in total. The van der Waals surface area contributed by atoms with E-state index in [-0.39, 0.29) is 31.9 Å². The van der Waals surface area contributed by atoms with Crippen LogP contribution in [0.25, 0.3) is 0 Å². The molecule has 0 spiro atoms. The fraction of sp³-hybridized carbons (Fsp3) is 0.240. The molecule has 9 nitrogen and oxygen atoms in total. The van der Waals surface area contributed by atoms with Crippen LogP contribution in [0.1, 0.15) is 42.3 Å². The molecular formula is C25H28N4O5. The van der Waals surface area contributed by atoms with E-state index < -0.39 is 24.0 Å². The topological polar surface area (TPSA) is 154 Å². The van der Waals surface area contributed by atoms with Crippen molar-refractivity contribution >= 4 is 23.4 Å². The van der Waals surface area contributed by atoms with Crippen LogP contribution >= 0.6 is 0 Å². The molecule has 0 saturated heterocycles. The molecule has 0 aliphatic heterocycles. The number of aliphatic hydroxyl groups is 1. The Kier molecular flexibility index (Phi) is 11.6. The van der Waals surface area contributed by atoms with Crippen LogP contribution < -0.4 is 21.8 Å². The molecule has 34 heavy (non-hydrogen) atoms. The molecule has 3 amide bonds. The van der Waals surface area contributed by atoms with Crippen molar-refractivity contribution in [3.05, 3.63) is 65.2 Å². The summed E-state index contributed by atoms with van der Waals surface area (Å²) in [6.07, 6.45) is -0.942. The second-order valence-electron chi connectivity index (χ2n) is 6.91. The van der Waals surface area contributed by atoms with E-state index >= 15 is 0 Å². The average molecular weight is 465 g/mol. The lowest BCUT2D eigenvalue weighted by Gasteiger charge is -2.19. The Morgan fingerprint density at radius 2 is 1.50 bits per heavy atom. The van der Waals surface area contributed by atoms with Crippen molar-refractivity contribution in [1.29, 1.82) is 0 Å². The van der Waals surface area contributed by atoms with E-state index in [0.717, 1.165) is 5.56 Å². The van der Waals surface area contributed by atoms with Gasteiger partial charge in [-0.15, -0.1) is 0 Å². The number of hydrogen-bond acceptors (Lipinski definition) is 6. The van der Waals surface area contributed by atoms with Crippen LogP contribution in [0.4, 0.5) is 5.69 Å². The Morgan fingerprint density at radius 3 is 1.97 bits per heavy atom. The minimum absolute atomic E-state index is 0. The number of amides is 3. The molecule has 2 aromatic rings. The van der Waals surface area contributed by atoms with Crippen LogP contribution in [0, 0.1) is 23.7 Å². The first-order valence-corrected chi connectivity index (χ1v) is 9.99. The van der Waals surface area contributed by atoms with E-state index in [2.05, 4.69) is 34.3 Å². The van der Waals surface area contributed by atoms with Crippen LogP contribution in [0.5, 0.6) is 0 Å². The largest absolute Gasteiger partial charge is 0.391 e. The van der Waals surface area contributed by atoms with Gasteiger partial charge in [0.2, 0.25) is 5.91 Å². The summed E-state index contributed by atoms with van der Waals surface area (Å²) < 4.78 is 0. The standard InChI is InChI=1S/C24H24N4O5.CH4/c1-16(29)22(24(32)28-33)27-23(31)19-10-6-17(7-11-19)4-2-3-5-18-8-12-20(13-9-18)26-21(30)14-15-25;/h6-13,16,22,29,33H,14-15,25H2,1H3,(H,26,30)(H,27,31)(H,28,32);1H4/t16-,22+;/m1./s1. The van der Waals surface area contributed by atoms with E-state index in [1.165, 1.54) is 24.5 Å². The molecule has 178 valence electrons. The predicted molar refractivity (Wildman–Crippen MR) is 129 cm³/mol. The molecule has 2 atom stereocenters.